The number of likely N-dealkylation sites (tertiary alicyclic amines) is 1. The van der Waals surface area contributed by atoms with E-state index in [4.69, 9.17) is 4.74 Å². The van der Waals surface area contributed by atoms with Gasteiger partial charge in [0, 0.05) is 6.04 Å². The highest BCUT2D eigenvalue weighted by molar-refractivity contribution is 5.86. The molecule has 3 rings (SSSR count). The molecule has 0 aromatic heterocycles. The van der Waals surface area contributed by atoms with Crippen LogP contribution < -0.4 is 10.6 Å². The van der Waals surface area contributed by atoms with E-state index in [2.05, 4.69) is 22.6 Å². The maximum atomic E-state index is 12.6. The van der Waals surface area contributed by atoms with Gasteiger partial charge in [-0.2, -0.15) is 0 Å². The molecular weight excluding hydrogens is 294 g/mol. The van der Waals surface area contributed by atoms with E-state index < -0.39 is 12.1 Å². The van der Waals surface area contributed by atoms with Crippen molar-refractivity contribution < 1.29 is 14.3 Å². The highest BCUT2D eigenvalue weighted by Crippen LogP contribution is 2.23. The van der Waals surface area contributed by atoms with Crippen LogP contribution in [0.3, 0.4) is 0 Å². The minimum Gasteiger partial charge on any atom is -0.356 e. The monoisotopic (exact) mass is 317 g/mol. The molecule has 2 aliphatic heterocycles. The summed E-state index contributed by atoms with van der Waals surface area (Å²) in [5.41, 5.74) is 0.879. The average molecular weight is 317 g/mol. The second-order valence-corrected chi connectivity index (χ2v) is 6.27. The van der Waals surface area contributed by atoms with Crippen LogP contribution in [-0.4, -0.2) is 55.6 Å². The number of nitrogens with one attached hydrogen (secondary N) is 2. The predicted molar refractivity (Wildman–Crippen MR) is 85.7 cm³/mol. The van der Waals surface area contributed by atoms with Crippen molar-refractivity contribution in [2.45, 2.75) is 31.0 Å². The molecule has 0 spiro atoms. The van der Waals surface area contributed by atoms with Gasteiger partial charge in [-0.1, -0.05) is 30.3 Å². The lowest BCUT2D eigenvalue weighted by molar-refractivity contribution is -0.148. The normalized spacial score (nSPS) is 26.6. The van der Waals surface area contributed by atoms with Crippen LogP contribution in [0.1, 0.15) is 24.4 Å². The zero-order valence-electron chi connectivity index (χ0n) is 13.3. The molecule has 2 heterocycles. The molecule has 0 radical (unpaired) electrons. The Bertz CT molecular complexity index is 555. The van der Waals surface area contributed by atoms with E-state index in [-0.39, 0.29) is 24.5 Å². The smallest absolute Gasteiger partial charge is 0.251 e. The fraction of sp³-hybridized carbons (Fsp3) is 0.529. The number of nitrogens with zero attached hydrogens (tertiary/aromatic N) is 1. The number of rotatable bonds is 3. The van der Waals surface area contributed by atoms with Crippen molar-refractivity contribution in [3.8, 4) is 0 Å². The number of amides is 2. The van der Waals surface area contributed by atoms with Crippen LogP contribution in [0.15, 0.2) is 30.3 Å². The summed E-state index contributed by atoms with van der Waals surface area (Å²) in [7, 11) is 2.09. The van der Waals surface area contributed by atoms with Gasteiger partial charge in [-0.3, -0.25) is 9.59 Å². The lowest BCUT2D eigenvalue weighted by Crippen LogP contribution is -2.55. The number of hydrogen-bond donors (Lipinski definition) is 2. The minimum absolute atomic E-state index is 0.0746. The van der Waals surface area contributed by atoms with E-state index in [0.29, 0.717) is 0 Å². The van der Waals surface area contributed by atoms with Crippen LogP contribution in [0.2, 0.25) is 0 Å². The lowest BCUT2D eigenvalue weighted by Gasteiger charge is -2.34. The number of ether oxygens (including phenoxy) is 1. The highest BCUT2D eigenvalue weighted by Gasteiger charge is 2.36. The summed E-state index contributed by atoms with van der Waals surface area (Å²) in [6.07, 6.45) is 1.20. The fourth-order valence-electron chi connectivity index (χ4n) is 3.13. The van der Waals surface area contributed by atoms with Crippen molar-refractivity contribution in [1.82, 2.24) is 15.5 Å². The second-order valence-electron chi connectivity index (χ2n) is 6.27. The summed E-state index contributed by atoms with van der Waals surface area (Å²) in [6, 6.07) is 9.22. The highest BCUT2D eigenvalue weighted by atomic mass is 16.5. The quantitative estimate of drug-likeness (QED) is 0.849. The Balaban J connectivity index is 1.68. The van der Waals surface area contributed by atoms with E-state index in [1.54, 1.807) is 0 Å². The van der Waals surface area contributed by atoms with E-state index in [1.807, 2.05) is 30.3 Å². The van der Waals surface area contributed by atoms with Crippen molar-refractivity contribution in [2.24, 2.45) is 0 Å². The van der Waals surface area contributed by atoms with Gasteiger partial charge in [0.1, 0.15) is 6.61 Å². The lowest BCUT2D eigenvalue weighted by atomic mass is 9.98. The van der Waals surface area contributed by atoms with Crippen LogP contribution in [0.5, 0.6) is 0 Å². The molecule has 2 atom stereocenters. The van der Waals surface area contributed by atoms with Gasteiger partial charge in [-0.25, -0.2) is 0 Å². The standard InChI is InChI=1S/C17H23N3O3/c1-20-9-7-13(8-10-20)18-17(22)16-15(19-14(21)11-23-16)12-5-3-2-4-6-12/h2-6,13,15-16H,7-11H2,1H3,(H,18,22)(H,19,21)/t15-,16+/m1/s1. The zero-order chi connectivity index (χ0) is 16.2. The summed E-state index contributed by atoms with van der Waals surface area (Å²) in [6.45, 7) is 1.89. The first-order valence-electron chi connectivity index (χ1n) is 8.08. The molecule has 2 amide bonds. The average Bonchev–Trinajstić information content (AvgIpc) is 2.57. The number of hydrogen-bond acceptors (Lipinski definition) is 4. The first-order valence-corrected chi connectivity index (χ1v) is 8.08. The summed E-state index contributed by atoms with van der Waals surface area (Å²) in [4.78, 5) is 26.6. The number of benzene rings is 1. The fourth-order valence-corrected chi connectivity index (χ4v) is 3.13. The maximum Gasteiger partial charge on any atom is 0.251 e. The van der Waals surface area contributed by atoms with Gasteiger partial charge in [-0.05, 0) is 38.5 Å². The van der Waals surface area contributed by atoms with Crippen LogP contribution in [0.25, 0.3) is 0 Å². The molecule has 0 aliphatic carbocycles. The van der Waals surface area contributed by atoms with Crippen molar-refractivity contribution in [3.63, 3.8) is 0 Å². The van der Waals surface area contributed by atoms with Gasteiger partial charge < -0.3 is 20.3 Å². The molecule has 124 valence electrons. The Hall–Kier alpha value is -1.92. The molecular formula is C17H23N3O3. The molecule has 1 aromatic rings. The van der Waals surface area contributed by atoms with Gasteiger partial charge in [0.05, 0.1) is 6.04 Å². The van der Waals surface area contributed by atoms with Crippen LogP contribution in [0.4, 0.5) is 0 Å². The van der Waals surface area contributed by atoms with Crippen molar-refractivity contribution in [1.29, 1.82) is 0 Å². The SMILES string of the molecule is CN1CCC(NC(=O)[C@H]2OCC(=O)N[C@@H]2c2ccccc2)CC1. The Kier molecular flexibility index (Phi) is 4.93. The molecule has 2 N–H and O–H groups in total. The van der Waals surface area contributed by atoms with Crippen molar-refractivity contribution >= 4 is 11.8 Å². The van der Waals surface area contributed by atoms with E-state index in [9.17, 15) is 9.59 Å². The summed E-state index contributed by atoms with van der Waals surface area (Å²) in [5, 5.41) is 5.96. The van der Waals surface area contributed by atoms with E-state index >= 15 is 0 Å². The topological polar surface area (TPSA) is 70.7 Å². The molecule has 0 unspecified atom stereocenters. The largest absolute Gasteiger partial charge is 0.356 e. The molecule has 2 aliphatic rings. The summed E-state index contributed by atoms with van der Waals surface area (Å²) < 4.78 is 5.55. The van der Waals surface area contributed by atoms with Gasteiger partial charge in [0.25, 0.3) is 5.91 Å². The van der Waals surface area contributed by atoms with Gasteiger partial charge in [-0.15, -0.1) is 0 Å². The Morgan fingerprint density at radius 3 is 2.65 bits per heavy atom. The van der Waals surface area contributed by atoms with Gasteiger partial charge in [0.2, 0.25) is 5.91 Å². The maximum absolute atomic E-state index is 12.6. The zero-order valence-corrected chi connectivity index (χ0v) is 13.3. The third kappa shape index (κ3) is 3.89. The summed E-state index contributed by atoms with van der Waals surface area (Å²) in [5.74, 6) is -0.337. The Labute approximate surface area is 136 Å². The van der Waals surface area contributed by atoms with E-state index in [1.165, 1.54) is 0 Å². The number of morpholine rings is 1. The molecule has 1 aromatic carbocycles. The van der Waals surface area contributed by atoms with Crippen LogP contribution in [-0.2, 0) is 14.3 Å². The number of piperidine rings is 1. The number of carbonyl (C=O) groups is 2. The van der Waals surface area contributed by atoms with E-state index in [0.717, 1.165) is 31.5 Å². The van der Waals surface area contributed by atoms with Crippen molar-refractivity contribution in [2.75, 3.05) is 26.7 Å². The Morgan fingerprint density at radius 2 is 1.96 bits per heavy atom. The molecule has 6 heteroatoms. The van der Waals surface area contributed by atoms with Crippen LogP contribution >= 0.6 is 0 Å². The Morgan fingerprint density at radius 1 is 1.26 bits per heavy atom. The molecule has 0 saturated carbocycles. The third-order valence-corrected chi connectivity index (χ3v) is 4.50. The third-order valence-electron chi connectivity index (χ3n) is 4.50. The molecule has 6 nitrogen and oxygen atoms in total. The second kappa shape index (κ2) is 7.10. The molecule has 0 bridgehead atoms. The number of carbonyl (C=O) groups excluding carboxylic acids is 2. The first-order chi connectivity index (χ1) is 11.1. The van der Waals surface area contributed by atoms with Gasteiger partial charge >= 0.3 is 0 Å². The first kappa shape index (κ1) is 16.0. The predicted octanol–water partition coefficient (Wildman–Crippen LogP) is 0.453. The molecule has 2 fully saturated rings. The van der Waals surface area contributed by atoms with Gasteiger partial charge in [0.15, 0.2) is 6.10 Å². The summed E-state index contributed by atoms with van der Waals surface area (Å²) >= 11 is 0. The molecule has 2 saturated heterocycles. The van der Waals surface area contributed by atoms with Crippen LogP contribution in [0, 0.1) is 0 Å². The van der Waals surface area contributed by atoms with Crippen molar-refractivity contribution in [3.05, 3.63) is 35.9 Å². The minimum atomic E-state index is -0.685. The molecule has 23 heavy (non-hydrogen) atoms.